The van der Waals surface area contributed by atoms with Crippen LogP contribution in [0.15, 0.2) is 53.5 Å². The van der Waals surface area contributed by atoms with Gasteiger partial charge in [-0.05, 0) is 86.9 Å². The van der Waals surface area contributed by atoms with E-state index in [1.165, 1.54) is 19.3 Å². The van der Waals surface area contributed by atoms with Crippen molar-refractivity contribution in [2.24, 2.45) is 5.92 Å². The van der Waals surface area contributed by atoms with Gasteiger partial charge in [0.15, 0.2) is 0 Å². The number of fused-ring (bicyclic) bond motifs is 1. The maximum atomic E-state index is 13.4. The molecule has 0 atom stereocenters. The predicted molar refractivity (Wildman–Crippen MR) is 135 cm³/mol. The minimum atomic E-state index is -0.118. The van der Waals surface area contributed by atoms with Gasteiger partial charge in [0, 0.05) is 30.9 Å². The van der Waals surface area contributed by atoms with Crippen molar-refractivity contribution < 1.29 is 9.53 Å². The van der Waals surface area contributed by atoms with Gasteiger partial charge in [-0.15, -0.1) is 0 Å². The summed E-state index contributed by atoms with van der Waals surface area (Å²) in [5, 5.41) is 4.50. The first kappa shape index (κ1) is 22.7. The number of rotatable bonds is 9. The summed E-state index contributed by atoms with van der Waals surface area (Å²) in [6, 6.07) is 13.4. The van der Waals surface area contributed by atoms with Gasteiger partial charge in [0.25, 0.3) is 11.5 Å². The Labute approximate surface area is 200 Å². The minimum absolute atomic E-state index is 0.0875. The average molecular weight is 460 g/mol. The minimum Gasteiger partial charge on any atom is -0.492 e. The molecule has 0 unspecified atom stereocenters. The summed E-state index contributed by atoms with van der Waals surface area (Å²) in [6.45, 7) is 4.53. The second-order valence-electron chi connectivity index (χ2n) is 9.90. The van der Waals surface area contributed by atoms with Gasteiger partial charge in [-0.25, -0.2) is 0 Å². The van der Waals surface area contributed by atoms with Crippen molar-refractivity contribution in [2.75, 3.05) is 26.7 Å². The van der Waals surface area contributed by atoms with Crippen LogP contribution in [0, 0.1) is 12.8 Å². The zero-order valence-electron chi connectivity index (χ0n) is 20.0. The lowest BCUT2D eigenvalue weighted by Gasteiger charge is -2.30. The van der Waals surface area contributed by atoms with Gasteiger partial charge in [-0.1, -0.05) is 18.6 Å². The van der Waals surface area contributed by atoms with E-state index in [0.717, 1.165) is 48.5 Å². The van der Waals surface area contributed by atoms with Crippen LogP contribution in [-0.2, 0) is 0 Å². The molecule has 0 bridgehead atoms. The Morgan fingerprint density at radius 1 is 1.12 bits per heavy atom. The Balaban J connectivity index is 1.35. The Hall–Kier alpha value is -3.12. The maximum absolute atomic E-state index is 13.4. The number of carbonyl (C=O) groups excluding carboxylic acids is 1. The highest BCUT2D eigenvalue weighted by molar-refractivity contribution is 5.95. The average Bonchev–Trinajstić information content (AvgIpc) is 3.61. The fourth-order valence-corrected chi connectivity index (χ4v) is 4.53. The van der Waals surface area contributed by atoms with Gasteiger partial charge in [0.1, 0.15) is 12.4 Å². The van der Waals surface area contributed by atoms with Crippen LogP contribution < -0.4 is 15.6 Å². The van der Waals surface area contributed by atoms with E-state index in [0.29, 0.717) is 23.3 Å². The van der Waals surface area contributed by atoms with E-state index in [1.807, 2.05) is 43.3 Å². The Morgan fingerprint density at radius 3 is 2.68 bits per heavy atom. The molecular formula is C28H33N3O3. The van der Waals surface area contributed by atoms with Gasteiger partial charge in [-0.2, -0.15) is 0 Å². The SMILES string of the molecule is Cc1ccc(C(=O)NC2CC2)cc1-n1ccc2ccc(OCCN(C)CC3CCC3)cc2c1=O. The molecule has 34 heavy (non-hydrogen) atoms. The normalized spacial score (nSPS) is 16.0. The van der Waals surface area contributed by atoms with E-state index in [2.05, 4.69) is 17.3 Å². The van der Waals surface area contributed by atoms with Crippen LogP contribution >= 0.6 is 0 Å². The lowest BCUT2D eigenvalue weighted by Crippen LogP contribution is -2.32. The molecule has 5 rings (SSSR count). The zero-order valence-corrected chi connectivity index (χ0v) is 20.0. The highest BCUT2D eigenvalue weighted by Crippen LogP contribution is 2.27. The zero-order chi connectivity index (χ0) is 23.7. The number of benzene rings is 2. The molecular weight excluding hydrogens is 426 g/mol. The fourth-order valence-electron chi connectivity index (χ4n) is 4.53. The van der Waals surface area contributed by atoms with Crippen LogP contribution in [0.4, 0.5) is 0 Å². The third-order valence-electron chi connectivity index (χ3n) is 7.06. The molecule has 1 amide bonds. The van der Waals surface area contributed by atoms with Gasteiger partial charge in [0.2, 0.25) is 0 Å². The third kappa shape index (κ3) is 5.02. The number of likely N-dealkylation sites (N-methyl/N-ethyl adjacent to an activating group) is 1. The van der Waals surface area contributed by atoms with Crippen LogP contribution in [0.1, 0.15) is 48.0 Å². The highest BCUT2D eigenvalue weighted by Gasteiger charge is 2.24. The highest BCUT2D eigenvalue weighted by atomic mass is 16.5. The summed E-state index contributed by atoms with van der Waals surface area (Å²) in [5.41, 5.74) is 2.11. The number of carbonyl (C=O) groups is 1. The number of nitrogens with zero attached hydrogens (tertiary/aromatic N) is 2. The number of aromatic nitrogens is 1. The van der Waals surface area contributed by atoms with Crippen molar-refractivity contribution in [3.05, 3.63) is 70.1 Å². The number of hydrogen-bond acceptors (Lipinski definition) is 4. The third-order valence-corrected chi connectivity index (χ3v) is 7.06. The number of ether oxygens (including phenoxy) is 1. The lowest BCUT2D eigenvalue weighted by molar-refractivity contribution is 0.0951. The van der Waals surface area contributed by atoms with Crippen molar-refractivity contribution in [1.29, 1.82) is 0 Å². The molecule has 2 saturated carbocycles. The summed E-state index contributed by atoms with van der Waals surface area (Å²) in [5.74, 6) is 1.45. The molecule has 1 N–H and O–H groups in total. The van der Waals surface area contributed by atoms with Crippen molar-refractivity contribution in [3.63, 3.8) is 0 Å². The van der Waals surface area contributed by atoms with E-state index >= 15 is 0 Å². The standard InChI is InChI=1S/C28H33N3O3/c1-19-6-7-22(27(32)29-23-9-10-23)16-26(19)31-13-12-21-8-11-24(17-25(21)28(31)33)34-15-14-30(2)18-20-4-3-5-20/h6-8,11-13,16-17,20,23H,3-5,9-10,14-15,18H2,1-2H3,(H,29,32). The van der Waals surface area contributed by atoms with Crippen LogP contribution in [0.25, 0.3) is 16.5 Å². The maximum Gasteiger partial charge on any atom is 0.263 e. The van der Waals surface area contributed by atoms with E-state index in [9.17, 15) is 9.59 Å². The number of amides is 1. The lowest BCUT2D eigenvalue weighted by atomic mass is 9.85. The van der Waals surface area contributed by atoms with Crippen LogP contribution in [0.2, 0.25) is 0 Å². The second-order valence-corrected chi connectivity index (χ2v) is 9.90. The number of aryl methyl sites for hydroxylation is 1. The van der Waals surface area contributed by atoms with Gasteiger partial charge < -0.3 is 15.0 Å². The molecule has 2 aliphatic rings. The smallest absolute Gasteiger partial charge is 0.263 e. The number of hydrogen-bond donors (Lipinski definition) is 1. The number of nitrogens with one attached hydrogen (secondary N) is 1. The summed E-state index contributed by atoms with van der Waals surface area (Å²) in [6.07, 6.45) is 7.91. The predicted octanol–water partition coefficient (Wildman–Crippen LogP) is 4.30. The van der Waals surface area contributed by atoms with Gasteiger partial charge in [0.05, 0.1) is 11.1 Å². The van der Waals surface area contributed by atoms with E-state index in [-0.39, 0.29) is 17.5 Å². The second kappa shape index (κ2) is 9.63. The Kier molecular flexibility index (Phi) is 6.42. The molecule has 178 valence electrons. The monoisotopic (exact) mass is 459 g/mol. The van der Waals surface area contributed by atoms with Gasteiger partial charge >= 0.3 is 0 Å². The first-order valence-corrected chi connectivity index (χ1v) is 12.4. The van der Waals surface area contributed by atoms with E-state index in [1.54, 1.807) is 16.8 Å². The first-order valence-electron chi connectivity index (χ1n) is 12.4. The fraction of sp³-hybridized carbons (Fsp3) is 0.429. The summed E-state index contributed by atoms with van der Waals surface area (Å²) in [4.78, 5) is 28.3. The summed E-state index contributed by atoms with van der Waals surface area (Å²) >= 11 is 0. The molecule has 0 saturated heterocycles. The molecule has 2 fully saturated rings. The van der Waals surface area contributed by atoms with Crippen molar-refractivity contribution in [1.82, 2.24) is 14.8 Å². The largest absolute Gasteiger partial charge is 0.492 e. The molecule has 0 radical (unpaired) electrons. The molecule has 6 nitrogen and oxygen atoms in total. The molecule has 1 aromatic heterocycles. The molecule has 3 aromatic rings. The van der Waals surface area contributed by atoms with Crippen LogP contribution in [-0.4, -0.2) is 48.2 Å². The summed E-state index contributed by atoms with van der Waals surface area (Å²) < 4.78 is 7.62. The molecule has 0 spiro atoms. The van der Waals surface area contributed by atoms with Crippen LogP contribution in [0.5, 0.6) is 5.75 Å². The topological polar surface area (TPSA) is 63.6 Å². The quantitative estimate of drug-likeness (QED) is 0.518. The van der Waals surface area contributed by atoms with E-state index in [4.69, 9.17) is 4.74 Å². The molecule has 2 aromatic carbocycles. The Morgan fingerprint density at radius 2 is 1.94 bits per heavy atom. The van der Waals surface area contributed by atoms with Crippen molar-refractivity contribution >= 4 is 16.7 Å². The summed E-state index contributed by atoms with van der Waals surface area (Å²) in [7, 11) is 2.14. The Bertz CT molecular complexity index is 1260. The van der Waals surface area contributed by atoms with Crippen molar-refractivity contribution in [2.45, 2.75) is 45.1 Å². The molecule has 0 aliphatic heterocycles. The van der Waals surface area contributed by atoms with E-state index < -0.39 is 0 Å². The number of pyridine rings is 1. The first-order chi connectivity index (χ1) is 16.5. The van der Waals surface area contributed by atoms with Crippen LogP contribution in [0.3, 0.4) is 0 Å². The molecule has 6 heteroatoms. The van der Waals surface area contributed by atoms with Gasteiger partial charge in [-0.3, -0.25) is 14.2 Å². The molecule has 2 aliphatic carbocycles. The van der Waals surface area contributed by atoms with Crippen molar-refractivity contribution in [3.8, 4) is 11.4 Å². The molecule has 1 heterocycles.